The van der Waals surface area contributed by atoms with E-state index in [0.29, 0.717) is 34.0 Å². The molecule has 4 atom stereocenters. The third-order valence-electron chi connectivity index (χ3n) is 6.53. The van der Waals surface area contributed by atoms with Crippen LogP contribution in [-0.4, -0.2) is 50.2 Å². The fourth-order valence-electron chi connectivity index (χ4n) is 4.26. The summed E-state index contributed by atoms with van der Waals surface area (Å²) >= 11 is 2.38. The standard InChI is InChI=1S/C30H30FN5O4S2/c1-18(37)5-11-24(36-28(40)25-17-34-29(42-25)21-4-2-3-20(15-21)16-32)27(39)35-23(26(38)30-33-13-14-41-30)12-8-19-6-9-22(31)10-7-19/h2-4,6-7,9-10,13-15,17-18,23-24,26,37-38H,5,8,11-12H2,1H3,(H,35,39)(H,36,40)/t18?,23-,24-,26?/m0/s1. The number of hydrogen-bond donors (Lipinski definition) is 4. The van der Waals surface area contributed by atoms with Gasteiger partial charge >= 0.3 is 0 Å². The first-order valence-corrected chi connectivity index (χ1v) is 15.0. The molecule has 0 spiro atoms. The first-order valence-electron chi connectivity index (χ1n) is 13.3. The molecule has 0 aliphatic carbocycles. The maximum Gasteiger partial charge on any atom is 0.263 e. The maximum absolute atomic E-state index is 13.5. The number of aliphatic hydroxyl groups excluding tert-OH is 2. The van der Waals surface area contributed by atoms with Crippen LogP contribution in [0.15, 0.2) is 66.3 Å². The molecule has 2 heterocycles. The minimum absolute atomic E-state index is 0.156. The van der Waals surface area contributed by atoms with Gasteiger partial charge in [0.05, 0.1) is 30.0 Å². The van der Waals surface area contributed by atoms with E-state index in [9.17, 15) is 29.5 Å². The average Bonchev–Trinajstić information content (AvgIpc) is 3.71. The Balaban J connectivity index is 1.49. The van der Waals surface area contributed by atoms with Gasteiger partial charge in [-0.2, -0.15) is 5.26 Å². The second-order valence-electron chi connectivity index (χ2n) is 9.77. The predicted molar refractivity (Wildman–Crippen MR) is 158 cm³/mol. The van der Waals surface area contributed by atoms with Gasteiger partial charge in [0.2, 0.25) is 5.91 Å². The third kappa shape index (κ3) is 8.50. The summed E-state index contributed by atoms with van der Waals surface area (Å²) in [4.78, 5) is 35.5. The van der Waals surface area contributed by atoms with Crippen molar-refractivity contribution in [2.75, 3.05) is 0 Å². The molecular weight excluding hydrogens is 577 g/mol. The second kappa shape index (κ2) is 14.7. The highest BCUT2D eigenvalue weighted by Gasteiger charge is 2.29. The summed E-state index contributed by atoms with van der Waals surface area (Å²) < 4.78 is 13.4. The third-order valence-corrected chi connectivity index (χ3v) is 8.42. The van der Waals surface area contributed by atoms with Crippen LogP contribution in [0.5, 0.6) is 0 Å². The van der Waals surface area contributed by atoms with Gasteiger partial charge in [0.15, 0.2) is 0 Å². The van der Waals surface area contributed by atoms with Crippen LogP contribution in [-0.2, 0) is 11.2 Å². The molecule has 218 valence electrons. The zero-order valence-electron chi connectivity index (χ0n) is 22.7. The van der Waals surface area contributed by atoms with E-state index in [1.54, 1.807) is 54.9 Å². The lowest BCUT2D eigenvalue weighted by atomic mass is 10.00. The number of nitriles is 1. The minimum atomic E-state index is -1.10. The Labute approximate surface area is 250 Å². The minimum Gasteiger partial charge on any atom is -0.393 e. The van der Waals surface area contributed by atoms with Gasteiger partial charge < -0.3 is 20.8 Å². The lowest BCUT2D eigenvalue weighted by Gasteiger charge is -2.26. The Bertz CT molecular complexity index is 1520. The lowest BCUT2D eigenvalue weighted by Crippen LogP contribution is -2.51. The van der Waals surface area contributed by atoms with E-state index < -0.39 is 36.1 Å². The average molecular weight is 608 g/mol. The van der Waals surface area contributed by atoms with Crippen molar-refractivity contribution < 1.29 is 24.2 Å². The van der Waals surface area contributed by atoms with E-state index in [4.69, 9.17) is 0 Å². The van der Waals surface area contributed by atoms with Crippen LogP contribution in [0, 0.1) is 17.1 Å². The summed E-state index contributed by atoms with van der Waals surface area (Å²) in [6, 6.07) is 13.2. The molecule has 9 nitrogen and oxygen atoms in total. The van der Waals surface area contributed by atoms with Crippen LogP contribution in [0.1, 0.15) is 58.1 Å². The largest absolute Gasteiger partial charge is 0.393 e. The van der Waals surface area contributed by atoms with Gasteiger partial charge in [-0.3, -0.25) is 9.59 Å². The molecule has 2 aromatic carbocycles. The number of aliphatic hydroxyl groups is 2. The predicted octanol–water partition coefficient (Wildman–Crippen LogP) is 4.39. The van der Waals surface area contributed by atoms with Gasteiger partial charge in [-0.1, -0.05) is 24.3 Å². The number of amides is 2. The van der Waals surface area contributed by atoms with Crippen molar-refractivity contribution in [3.05, 3.63) is 93.1 Å². The molecular formula is C30H30FN5O4S2. The molecule has 2 aromatic heterocycles. The normalized spacial score (nSPS) is 13.9. The van der Waals surface area contributed by atoms with Crippen LogP contribution in [0.3, 0.4) is 0 Å². The number of carbonyl (C=O) groups excluding carboxylic acids is 2. The highest BCUT2D eigenvalue weighted by Crippen LogP contribution is 2.26. The maximum atomic E-state index is 13.5. The number of aromatic nitrogens is 2. The van der Waals surface area contributed by atoms with Crippen molar-refractivity contribution >= 4 is 34.5 Å². The highest BCUT2D eigenvalue weighted by atomic mass is 32.1. The number of benzene rings is 2. The van der Waals surface area contributed by atoms with Crippen molar-refractivity contribution in [3.8, 4) is 16.6 Å². The molecule has 4 N–H and O–H groups in total. The molecule has 0 bridgehead atoms. The number of rotatable bonds is 13. The van der Waals surface area contributed by atoms with Gasteiger partial charge in [0, 0.05) is 17.1 Å². The summed E-state index contributed by atoms with van der Waals surface area (Å²) in [6.45, 7) is 1.60. The number of hydrogen-bond acceptors (Lipinski definition) is 9. The Morgan fingerprint density at radius 2 is 1.86 bits per heavy atom. The molecule has 0 saturated carbocycles. The molecule has 12 heteroatoms. The first-order chi connectivity index (χ1) is 20.2. The van der Waals surface area contributed by atoms with E-state index in [-0.39, 0.29) is 23.5 Å². The smallest absolute Gasteiger partial charge is 0.263 e. The quantitative estimate of drug-likeness (QED) is 0.176. The van der Waals surface area contributed by atoms with Crippen LogP contribution in [0.2, 0.25) is 0 Å². The highest BCUT2D eigenvalue weighted by molar-refractivity contribution is 7.16. The molecule has 0 aliphatic rings. The van der Waals surface area contributed by atoms with E-state index in [1.165, 1.54) is 29.7 Å². The van der Waals surface area contributed by atoms with Gasteiger partial charge in [-0.05, 0) is 62.4 Å². The van der Waals surface area contributed by atoms with Crippen LogP contribution >= 0.6 is 22.7 Å². The molecule has 2 unspecified atom stereocenters. The van der Waals surface area contributed by atoms with Crippen molar-refractivity contribution in [2.24, 2.45) is 0 Å². The van der Waals surface area contributed by atoms with Crippen LogP contribution in [0.4, 0.5) is 4.39 Å². The van der Waals surface area contributed by atoms with E-state index in [2.05, 4.69) is 26.7 Å². The Morgan fingerprint density at radius 1 is 1.07 bits per heavy atom. The molecule has 2 amide bonds. The number of halogens is 1. The first kappa shape index (κ1) is 30.9. The van der Waals surface area contributed by atoms with Crippen LogP contribution < -0.4 is 10.6 Å². The molecule has 0 radical (unpaired) electrons. The fourth-order valence-corrected chi connectivity index (χ4v) is 5.76. The molecule has 4 rings (SSSR count). The number of aryl methyl sites for hydroxylation is 1. The second-order valence-corrected chi connectivity index (χ2v) is 11.7. The summed E-state index contributed by atoms with van der Waals surface area (Å²) in [6.07, 6.45) is 2.37. The van der Waals surface area contributed by atoms with E-state index >= 15 is 0 Å². The van der Waals surface area contributed by atoms with Crippen molar-refractivity contribution in [1.29, 1.82) is 5.26 Å². The SMILES string of the molecule is CC(O)CC[C@H](NC(=O)c1cnc(-c2cccc(C#N)c2)s1)C(=O)N[C@@H](CCc1ccc(F)cc1)C(O)c1nccs1. The molecule has 42 heavy (non-hydrogen) atoms. The molecule has 0 aliphatic heterocycles. The number of thiazole rings is 2. The van der Waals surface area contributed by atoms with Crippen molar-refractivity contribution in [1.82, 2.24) is 20.6 Å². The summed E-state index contributed by atoms with van der Waals surface area (Å²) in [5, 5.41) is 38.5. The Morgan fingerprint density at radius 3 is 2.55 bits per heavy atom. The number of carbonyl (C=O) groups is 2. The van der Waals surface area contributed by atoms with E-state index in [1.807, 2.05) is 0 Å². The topological polar surface area (TPSA) is 148 Å². The Kier molecular flexibility index (Phi) is 10.9. The summed E-state index contributed by atoms with van der Waals surface area (Å²) in [5.41, 5.74) is 2.00. The summed E-state index contributed by atoms with van der Waals surface area (Å²) in [7, 11) is 0. The monoisotopic (exact) mass is 607 g/mol. The summed E-state index contributed by atoms with van der Waals surface area (Å²) in [5.74, 6) is -1.38. The van der Waals surface area contributed by atoms with Crippen molar-refractivity contribution in [3.63, 3.8) is 0 Å². The molecule has 0 saturated heterocycles. The van der Waals surface area contributed by atoms with Gasteiger partial charge in [0.25, 0.3) is 5.91 Å². The fraction of sp³-hybridized carbons (Fsp3) is 0.300. The van der Waals surface area contributed by atoms with Gasteiger partial charge in [0.1, 0.15) is 32.9 Å². The number of nitrogens with one attached hydrogen (secondary N) is 2. The Hall–Kier alpha value is -4.02. The zero-order chi connectivity index (χ0) is 30.1. The lowest BCUT2D eigenvalue weighted by molar-refractivity contribution is -0.125. The van der Waals surface area contributed by atoms with Gasteiger partial charge in [-0.25, -0.2) is 14.4 Å². The van der Waals surface area contributed by atoms with Gasteiger partial charge in [-0.15, -0.1) is 22.7 Å². The van der Waals surface area contributed by atoms with E-state index in [0.717, 1.165) is 16.9 Å². The molecule has 4 aromatic rings. The molecule has 0 fully saturated rings. The number of nitrogens with zero attached hydrogens (tertiary/aromatic N) is 3. The van der Waals surface area contributed by atoms with Crippen molar-refractivity contribution in [2.45, 2.75) is 56.9 Å². The zero-order valence-corrected chi connectivity index (χ0v) is 24.4. The van der Waals surface area contributed by atoms with Crippen LogP contribution in [0.25, 0.3) is 10.6 Å².